The van der Waals surface area contributed by atoms with Gasteiger partial charge >= 0.3 is 138 Å². The predicted molar refractivity (Wildman–Crippen MR) is 113 cm³/mol. The molecule has 1 aromatic carbocycles. The molecular formula is C20H30Cl2SiTi. The van der Waals surface area contributed by atoms with Crippen LogP contribution in [0.4, 0.5) is 0 Å². The van der Waals surface area contributed by atoms with Crippen molar-refractivity contribution in [3.8, 4) is 0 Å². The molecule has 0 fully saturated rings. The van der Waals surface area contributed by atoms with Crippen LogP contribution in [0.15, 0.2) is 50.9 Å². The molecule has 0 aromatic heterocycles. The number of fused-ring (bicyclic) bond motifs is 1. The Labute approximate surface area is 162 Å². The van der Waals surface area contributed by atoms with Crippen LogP contribution in [0.5, 0.6) is 0 Å². The smallest absolute Gasteiger partial charge is 0.147 e. The monoisotopic (exact) mass is 416 g/mol. The molecule has 132 valence electrons. The van der Waals surface area contributed by atoms with Crippen molar-refractivity contribution in [2.75, 3.05) is 0 Å². The maximum absolute atomic E-state index is 2.82. The van der Waals surface area contributed by atoms with Gasteiger partial charge in [-0.05, 0) is 0 Å². The fraction of sp³-hybridized carbons (Fsp3) is 0.400. The summed E-state index contributed by atoms with van der Waals surface area (Å²) < 4.78 is 2.45. The van der Waals surface area contributed by atoms with Crippen LogP contribution in [-0.4, -0.2) is 7.63 Å². The van der Waals surface area contributed by atoms with E-state index < -0.39 is 14.0 Å². The molecule has 1 aromatic rings. The molecule has 0 amide bonds. The Morgan fingerprint density at radius 3 is 2.08 bits per heavy atom. The summed E-state index contributed by atoms with van der Waals surface area (Å²) in [6, 6.07) is 8.99. The number of hydrogen-bond acceptors (Lipinski definition) is 0. The molecule has 0 bridgehead atoms. The van der Waals surface area contributed by atoms with E-state index in [-0.39, 0.29) is 24.8 Å². The molecule has 0 saturated heterocycles. The van der Waals surface area contributed by atoms with E-state index >= 15 is 0 Å². The molecule has 0 N–H and O–H groups in total. The van der Waals surface area contributed by atoms with Crippen LogP contribution >= 0.6 is 24.8 Å². The van der Waals surface area contributed by atoms with E-state index in [1.54, 1.807) is 22.3 Å². The normalized spacial score (nSPS) is 23.1. The molecule has 0 heterocycles. The Hall–Kier alpha value is -0.0488. The van der Waals surface area contributed by atoms with Crippen molar-refractivity contribution in [2.24, 2.45) is 5.92 Å². The van der Waals surface area contributed by atoms with E-state index in [0.717, 1.165) is 0 Å². The van der Waals surface area contributed by atoms with Crippen LogP contribution in [-0.2, 0) is 14.0 Å². The van der Waals surface area contributed by atoms with Gasteiger partial charge in [-0.1, -0.05) is 0 Å². The summed E-state index contributed by atoms with van der Waals surface area (Å²) in [7, 11) is 2.37. The molecule has 0 aliphatic heterocycles. The van der Waals surface area contributed by atoms with Crippen molar-refractivity contribution in [3.63, 3.8) is 0 Å². The third-order valence-corrected chi connectivity index (χ3v) is 17.6. The number of benzene rings is 1. The van der Waals surface area contributed by atoms with E-state index in [1.807, 2.05) is 3.88 Å². The molecule has 3 rings (SSSR count). The minimum Gasteiger partial charge on any atom is -0.147 e. The Kier molecular flexibility index (Phi) is 6.35. The van der Waals surface area contributed by atoms with Gasteiger partial charge in [-0.25, -0.2) is 0 Å². The quantitative estimate of drug-likeness (QED) is 0.504. The second kappa shape index (κ2) is 6.93. The Balaban J connectivity index is 0.00000144. The molecule has 4 heteroatoms. The van der Waals surface area contributed by atoms with Crippen molar-refractivity contribution in [1.29, 1.82) is 0 Å². The molecular weight excluding hydrogens is 387 g/mol. The van der Waals surface area contributed by atoms with E-state index in [4.69, 9.17) is 0 Å². The molecule has 2 unspecified atom stereocenters. The molecule has 2 aliphatic carbocycles. The molecule has 0 spiro atoms. The van der Waals surface area contributed by atoms with Gasteiger partial charge in [0.1, 0.15) is 0 Å². The summed E-state index contributed by atoms with van der Waals surface area (Å²) in [5.41, 5.74) is 7.73. The third kappa shape index (κ3) is 3.08. The average molecular weight is 417 g/mol. The summed E-state index contributed by atoms with van der Waals surface area (Å²) in [4.78, 5) is 0. The van der Waals surface area contributed by atoms with E-state index in [2.05, 4.69) is 82.2 Å². The minimum atomic E-state index is -2.82. The first-order valence-corrected chi connectivity index (χ1v) is 17.2. The minimum absolute atomic E-state index is 0. The molecule has 2 atom stereocenters. The molecule has 0 nitrogen and oxygen atoms in total. The summed E-state index contributed by atoms with van der Waals surface area (Å²) in [6.45, 7) is 9.45. The Morgan fingerprint density at radius 2 is 1.54 bits per heavy atom. The fourth-order valence-electron chi connectivity index (χ4n) is 4.92. The maximum atomic E-state index is 2.65. The van der Waals surface area contributed by atoms with E-state index in [1.165, 1.54) is 5.56 Å². The largest absolute Gasteiger partial charge is 0.147 e. The van der Waals surface area contributed by atoms with Gasteiger partial charge in [-0.3, -0.25) is 0 Å². The van der Waals surface area contributed by atoms with Crippen LogP contribution < -0.4 is 0 Å². The molecule has 2 aliphatic rings. The molecule has 0 radical (unpaired) electrons. The van der Waals surface area contributed by atoms with Crippen molar-refractivity contribution >= 4 is 38.5 Å². The van der Waals surface area contributed by atoms with E-state index in [9.17, 15) is 0 Å². The molecule has 24 heavy (non-hydrogen) atoms. The Bertz CT molecular complexity index is 824. The van der Waals surface area contributed by atoms with Crippen molar-refractivity contribution < 1.29 is 14.0 Å². The standard InChI is InChI=1S/C9H7.C9H13.2CH3.2ClH.H2Si.Ti/c1-2-5-9-7-3-6-8(9)4-1;1-6-5-7(2)9(4)8(6)3;;;;;;/h1-7H;6H,1-4H3;2*1H3;2*1H;1H2;. The first kappa shape index (κ1) is 22.0. The summed E-state index contributed by atoms with van der Waals surface area (Å²) in [6.07, 6.45) is 4.86. The van der Waals surface area contributed by atoms with Crippen molar-refractivity contribution in [2.45, 2.75) is 42.4 Å². The number of rotatable bonds is 2. The zero-order valence-corrected chi connectivity index (χ0v) is 20.3. The van der Waals surface area contributed by atoms with Crippen LogP contribution in [0.25, 0.3) is 6.08 Å². The zero-order chi connectivity index (χ0) is 16.3. The van der Waals surface area contributed by atoms with Gasteiger partial charge in [0.15, 0.2) is 0 Å². The van der Waals surface area contributed by atoms with Crippen LogP contribution in [0.3, 0.4) is 0 Å². The average Bonchev–Trinajstić information content (AvgIpc) is 2.96. The third-order valence-electron chi connectivity index (χ3n) is 6.32. The van der Waals surface area contributed by atoms with Crippen LogP contribution in [0, 0.1) is 5.92 Å². The van der Waals surface area contributed by atoms with E-state index in [0.29, 0.717) is 10.1 Å². The van der Waals surface area contributed by atoms with Gasteiger partial charge in [-0.15, -0.1) is 24.8 Å². The zero-order valence-electron chi connectivity index (χ0n) is 15.6. The maximum Gasteiger partial charge on any atom is -0.147 e. The van der Waals surface area contributed by atoms with Crippen molar-refractivity contribution in [1.82, 2.24) is 0 Å². The number of hydrogen-bond donors (Lipinski definition) is 0. The van der Waals surface area contributed by atoms with Gasteiger partial charge in [0.05, 0.1) is 0 Å². The van der Waals surface area contributed by atoms with Gasteiger partial charge in [0.25, 0.3) is 0 Å². The second-order valence-electron chi connectivity index (χ2n) is 8.34. The SMILES string of the molecule is CC1=C(C)C(C)[C]([Ti]([CH3])([CH3])(=[SiH2])[CH]2C=Cc3ccccc32)=C1C.Cl.Cl. The van der Waals surface area contributed by atoms with Gasteiger partial charge in [-0.2, -0.15) is 0 Å². The number of allylic oxidation sites excluding steroid dienone is 5. The summed E-state index contributed by atoms with van der Waals surface area (Å²) in [5, 5.41) is 5.29. The predicted octanol–water partition coefficient (Wildman–Crippen LogP) is 6.19. The fourth-order valence-corrected chi connectivity index (χ4v) is 17.1. The Morgan fingerprint density at radius 1 is 0.958 bits per heavy atom. The second-order valence-corrected chi connectivity index (χ2v) is 27.9. The van der Waals surface area contributed by atoms with Crippen LogP contribution in [0.1, 0.15) is 43.0 Å². The first-order chi connectivity index (χ1) is 10.1. The van der Waals surface area contributed by atoms with Crippen LogP contribution in [0.2, 0.25) is 10.5 Å². The topological polar surface area (TPSA) is 0 Å². The summed E-state index contributed by atoms with van der Waals surface area (Å²) >= 11 is -2.82. The summed E-state index contributed by atoms with van der Waals surface area (Å²) in [5.74, 6) is 0.630. The number of halogens is 2. The van der Waals surface area contributed by atoms with Gasteiger partial charge < -0.3 is 0 Å². The first-order valence-electron chi connectivity index (χ1n) is 8.37. The van der Waals surface area contributed by atoms with Crippen molar-refractivity contribution in [3.05, 3.63) is 62.1 Å². The van der Waals surface area contributed by atoms with Gasteiger partial charge in [0, 0.05) is 0 Å². The van der Waals surface area contributed by atoms with Gasteiger partial charge in [0.2, 0.25) is 0 Å². The molecule has 0 saturated carbocycles.